The lowest BCUT2D eigenvalue weighted by Crippen LogP contribution is -2.52. The third-order valence-electron chi connectivity index (χ3n) is 3.97. The molecule has 21 heavy (non-hydrogen) atoms. The minimum Gasteiger partial charge on any atom is -0.465 e. The van der Waals surface area contributed by atoms with Crippen LogP contribution in [0.4, 0.5) is 13.2 Å². The zero-order valence-electron chi connectivity index (χ0n) is 12.9. The van der Waals surface area contributed by atoms with Gasteiger partial charge in [0.05, 0.1) is 13.2 Å². The van der Waals surface area contributed by atoms with E-state index >= 15 is 0 Å². The second kappa shape index (κ2) is 7.45. The van der Waals surface area contributed by atoms with E-state index in [0.29, 0.717) is 32.4 Å². The predicted octanol–water partition coefficient (Wildman–Crippen LogP) is 2.33. The standard InChI is InChI=1S/C14H25F3N2O2/c1-4-18-13(12(20)21-6-3)8-7-11(9-13)19(5-2)10-14(15,16)17/h11,18H,4-10H2,1-3H3. The number of nitrogens with one attached hydrogen (secondary N) is 1. The zero-order chi connectivity index (χ0) is 16.1. The quantitative estimate of drug-likeness (QED) is 0.733. The van der Waals surface area contributed by atoms with E-state index in [9.17, 15) is 18.0 Å². The van der Waals surface area contributed by atoms with Crippen molar-refractivity contribution in [1.29, 1.82) is 0 Å². The predicted molar refractivity (Wildman–Crippen MR) is 74.0 cm³/mol. The van der Waals surface area contributed by atoms with Crippen LogP contribution in [0.25, 0.3) is 0 Å². The van der Waals surface area contributed by atoms with E-state index in [1.54, 1.807) is 13.8 Å². The van der Waals surface area contributed by atoms with Crippen molar-refractivity contribution in [3.63, 3.8) is 0 Å². The van der Waals surface area contributed by atoms with Crippen LogP contribution in [-0.2, 0) is 9.53 Å². The highest BCUT2D eigenvalue weighted by molar-refractivity contribution is 5.81. The second-order valence-corrected chi connectivity index (χ2v) is 5.41. The van der Waals surface area contributed by atoms with Crippen molar-refractivity contribution in [1.82, 2.24) is 10.2 Å². The summed E-state index contributed by atoms with van der Waals surface area (Å²) in [6.45, 7) is 5.55. The lowest BCUT2D eigenvalue weighted by atomic mass is 9.97. The largest absolute Gasteiger partial charge is 0.465 e. The van der Waals surface area contributed by atoms with Gasteiger partial charge in [-0.15, -0.1) is 0 Å². The molecule has 2 atom stereocenters. The molecule has 124 valence electrons. The van der Waals surface area contributed by atoms with E-state index < -0.39 is 18.3 Å². The van der Waals surface area contributed by atoms with Crippen LogP contribution in [0.3, 0.4) is 0 Å². The minimum absolute atomic E-state index is 0.250. The molecule has 0 heterocycles. The van der Waals surface area contributed by atoms with Gasteiger partial charge in [-0.2, -0.15) is 13.2 Å². The molecule has 2 unspecified atom stereocenters. The van der Waals surface area contributed by atoms with E-state index in [-0.39, 0.29) is 18.6 Å². The Hall–Kier alpha value is -0.820. The highest BCUT2D eigenvalue weighted by Gasteiger charge is 2.48. The molecule has 0 bridgehead atoms. The maximum atomic E-state index is 12.6. The summed E-state index contributed by atoms with van der Waals surface area (Å²) < 4.78 is 43.0. The molecular formula is C14H25F3N2O2. The number of halogens is 3. The van der Waals surface area contributed by atoms with Gasteiger partial charge < -0.3 is 10.1 Å². The first-order valence-electron chi connectivity index (χ1n) is 7.51. The maximum absolute atomic E-state index is 12.6. The van der Waals surface area contributed by atoms with Crippen molar-refractivity contribution in [2.24, 2.45) is 0 Å². The number of ether oxygens (including phenoxy) is 1. The molecule has 0 spiro atoms. The van der Waals surface area contributed by atoms with Gasteiger partial charge >= 0.3 is 12.1 Å². The SMILES string of the molecule is CCNC1(C(=O)OCC)CCC(N(CC)CC(F)(F)F)C1. The topological polar surface area (TPSA) is 41.6 Å². The van der Waals surface area contributed by atoms with E-state index in [0.717, 1.165) is 0 Å². The van der Waals surface area contributed by atoms with Gasteiger partial charge in [-0.25, -0.2) is 0 Å². The molecule has 1 N–H and O–H groups in total. The van der Waals surface area contributed by atoms with Gasteiger partial charge in [0, 0.05) is 6.04 Å². The summed E-state index contributed by atoms with van der Waals surface area (Å²) in [4.78, 5) is 13.6. The van der Waals surface area contributed by atoms with Crippen molar-refractivity contribution in [3.8, 4) is 0 Å². The number of hydrogen-bond acceptors (Lipinski definition) is 4. The lowest BCUT2D eigenvalue weighted by Gasteiger charge is -2.31. The molecule has 1 aliphatic carbocycles. The van der Waals surface area contributed by atoms with Gasteiger partial charge in [-0.05, 0) is 39.3 Å². The molecule has 0 aromatic carbocycles. The molecule has 0 radical (unpaired) electrons. The van der Waals surface area contributed by atoms with Gasteiger partial charge in [0.25, 0.3) is 0 Å². The number of hydrogen-bond donors (Lipinski definition) is 1. The van der Waals surface area contributed by atoms with Gasteiger partial charge in [0.2, 0.25) is 0 Å². The van der Waals surface area contributed by atoms with Crippen molar-refractivity contribution in [3.05, 3.63) is 0 Å². The Balaban J connectivity index is 2.79. The van der Waals surface area contributed by atoms with Crippen LogP contribution in [0.15, 0.2) is 0 Å². The van der Waals surface area contributed by atoms with Crippen molar-refractivity contribution in [2.45, 2.75) is 57.8 Å². The van der Waals surface area contributed by atoms with E-state index in [1.165, 1.54) is 4.90 Å². The number of carbonyl (C=O) groups excluding carboxylic acids is 1. The van der Waals surface area contributed by atoms with Crippen LogP contribution >= 0.6 is 0 Å². The van der Waals surface area contributed by atoms with Crippen molar-refractivity contribution in [2.75, 3.05) is 26.2 Å². The zero-order valence-corrected chi connectivity index (χ0v) is 12.9. The third-order valence-corrected chi connectivity index (χ3v) is 3.97. The van der Waals surface area contributed by atoms with E-state index in [4.69, 9.17) is 4.74 Å². The fraction of sp³-hybridized carbons (Fsp3) is 0.929. The van der Waals surface area contributed by atoms with Crippen LogP contribution in [-0.4, -0.2) is 54.9 Å². The fourth-order valence-corrected chi connectivity index (χ4v) is 3.09. The average Bonchev–Trinajstić information content (AvgIpc) is 2.81. The van der Waals surface area contributed by atoms with E-state index in [2.05, 4.69) is 5.32 Å². The smallest absolute Gasteiger partial charge is 0.401 e. The molecule has 0 saturated heterocycles. The summed E-state index contributed by atoms with van der Waals surface area (Å²) in [5.41, 5.74) is -0.839. The second-order valence-electron chi connectivity index (χ2n) is 5.41. The van der Waals surface area contributed by atoms with Crippen LogP contribution in [0, 0.1) is 0 Å². The first-order valence-corrected chi connectivity index (χ1v) is 7.51. The number of likely N-dealkylation sites (N-methyl/N-ethyl adjacent to an activating group) is 1. The monoisotopic (exact) mass is 310 g/mol. The van der Waals surface area contributed by atoms with Gasteiger partial charge in [0.15, 0.2) is 0 Å². The molecule has 7 heteroatoms. The normalized spacial score (nSPS) is 26.3. The summed E-state index contributed by atoms with van der Waals surface area (Å²) in [6, 6.07) is -0.250. The van der Waals surface area contributed by atoms with Gasteiger partial charge in [-0.1, -0.05) is 13.8 Å². The molecule has 0 amide bonds. The number of rotatable bonds is 7. The van der Waals surface area contributed by atoms with Crippen LogP contribution in [0.5, 0.6) is 0 Å². The summed E-state index contributed by atoms with van der Waals surface area (Å²) in [6.07, 6.45) is -2.78. The first-order chi connectivity index (χ1) is 9.78. The summed E-state index contributed by atoms with van der Waals surface area (Å²) in [5.74, 6) is -0.350. The minimum atomic E-state index is -4.22. The number of carbonyl (C=O) groups is 1. The number of esters is 1. The Kier molecular flexibility index (Phi) is 6.46. The molecule has 4 nitrogen and oxygen atoms in total. The molecule has 0 aliphatic heterocycles. The van der Waals surface area contributed by atoms with Crippen molar-refractivity contribution >= 4 is 5.97 Å². The highest BCUT2D eigenvalue weighted by Crippen LogP contribution is 2.35. The summed E-state index contributed by atoms with van der Waals surface area (Å²) in [7, 11) is 0. The Bertz CT molecular complexity index is 350. The number of alkyl halides is 3. The molecule has 1 saturated carbocycles. The number of nitrogens with zero attached hydrogens (tertiary/aromatic N) is 1. The molecule has 0 aromatic heterocycles. The Morgan fingerprint density at radius 3 is 2.52 bits per heavy atom. The van der Waals surface area contributed by atoms with Gasteiger partial charge in [-0.3, -0.25) is 9.69 Å². The fourth-order valence-electron chi connectivity index (χ4n) is 3.09. The lowest BCUT2D eigenvalue weighted by molar-refractivity contribution is -0.153. The maximum Gasteiger partial charge on any atom is 0.401 e. The van der Waals surface area contributed by atoms with E-state index in [1.807, 2.05) is 6.92 Å². The molecule has 0 aromatic rings. The van der Waals surface area contributed by atoms with Crippen LogP contribution in [0.2, 0.25) is 0 Å². The van der Waals surface area contributed by atoms with Crippen molar-refractivity contribution < 1.29 is 22.7 Å². The van der Waals surface area contributed by atoms with Gasteiger partial charge in [0.1, 0.15) is 5.54 Å². The van der Waals surface area contributed by atoms with Crippen LogP contribution in [0.1, 0.15) is 40.0 Å². The Labute approximate surface area is 124 Å². The highest BCUT2D eigenvalue weighted by atomic mass is 19.4. The molecule has 1 aliphatic rings. The van der Waals surface area contributed by atoms with Crippen LogP contribution < -0.4 is 5.32 Å². The molecule has 1 fully saturated rings. The Morgan fingerprint density at radius 2 is 2.05 bits per heavy atom. The summed E-state index contributed by atoms with van der Waals surface area (Å²) in [5, 5.41) is 3.13. The summed E-state index contributed by atoms with van der Waals surface area (Å²) >= 11 is 0. The molecule has 1 rings (SSSR count). The third kappa shape index (κ3) is 4.85. The first kappa shape index (κ1) is 18.2. The average molecular weight is 310 g/mol. The molecular weight excluding hydrogens is 285 g/mol. The Morgan fingerprint density at radius 1 is 1.38 bits per heavy atom.